The van der Waals surface area contributed by atoms with Crippen LogP contribution in [0.1, 0.15) is 37.5 Å². The molecule has 1 atom stereocenters. The van der Waals surface area contributed by atoms with Crippen molar-refractivity contribution < 1.29 is 19.2 Å². The molecule has 1 N–H and O–H groups in total. The number of carboxylic acids is 1. The van der Waals surface area contributed by atoms with Crippen LogP contribution in [0.5, 0.6) is 0 Å². The Bertz CT molecular complexity index is 814. The molecule has 3 rings (SSSR count). The number of carboxylic acid groups (broad SMARTS) is 1. The number of hydrogen-bond acceptors (Lipinski definition) is 4. The lowest BCUT2D eigenvalue weighted by Gasteiger charge is -2.39. The number of rotatable bonds is 5. The average Bonchev–Trinajstić information content (AvgIpc) is 3.09. The second kappa shape index (κ2) is 7.32. The van der Waals surface area contributed by atoms with Gasteiger partial charge in [0.1, 0.15) is 11.5 Å². The van der Waals surface area contributed by atoms with Crippen molar-refractivity contribution in [1.82, 2.24) is 10.1 Å². The molecule has 1 amide bonds. The fourth-order valence-corrected chi connectivity index (χ4v) is 3.68. The van der Waals surface area contributed by atoms with Crippen LogP contribution in [0.2, 0.25) is 0 Å². The number of carbonyl (C=O) groups excluding carboxylic acids is 1. The van der Waals surface area contributed by atoms with Gasteiger partial charge in [-0.3, -0.25) is 9.59 Å². The summed E-state index contributed by atoms with van der Waals surface area (Å²) in [4.78, 5) is 25.8. The van der Waals surface area contributed by atoms with E-state index in [0.717, 1.165) is 11.1 Å². The van der Waals surface area contributed by atoms with Crippen molar-refractivity contribution in [3.05, 3.63) is 41.7 Å². The maximum absolute atomic E-state index is 12.1. The lowest BCUT2D eigenvalue weighted by atomic mass is 9.76. The monoisotopic (exact) mass is 356 g/mol. The molecule has 1 saturated heterocycles. The minimum atomic E-state index is -1.02. The van der Waals surface area contributed by atoms with Gasteiger partial charge in [-0.05, 0) is 25.3 Å². The van der Waals surface area contributed by atoms with Gasteiger partial charge < -0.3 is 14.5 Å². The molecule has 1 aliphatic heterocycles. The molecule has 26 heavy (non-hydrogen) atoms. The van der Waals surface area contributed by atoms with Crippen LogP contribution in [0.4, 0.5) is 0 Å². The molecule has 2 aromatic rings. The Morgan fingerprint density at radius 3 is 2.81 bits per heavy atom. The molecule has 0 aliphatic carbocycles. The van der Waals surface area contributed by atoms with Gasteiger partial charge in [0.05, 0.1) is 5.41 Å². The molecule has 6 nitrogen and oxygen atoms in total. The minimum Gasteiger partial charge on any atom is -0.481 e. The summed E-state index contributed by atoms with van der Waals surface area (Å²) in [7, 11) is 0. The van der Waals surface area contributed by atoms with Gasteiger partial charge in [0, 0.05) is 37.6 Å². The Hall–Kier alpha value is -2.63. The van der Waals surface area contributed by atoms with Gasteiger partial charge in [-0.25, -0.2) is 0 Å². The normalized spacial score (nSPS) is 20.2. The molecule has 0 saturated carbocycles. The first-order valence-corrected chi connectivity index (χ1v) is 8.98. The summed E-state index contributed by atoms with van der Waals surface area (Å²) in [6.07, 6.45) is 1.82. The van der Waals surface area contributed by atoms with Crippen LogP contribution < -0.4 is 0 Å². The maximum atomic E-state index is 12.1. The van der Waals surface area contributed by atoms with Crippen molar-refractivity contribution in [1.29, 1.82) is 0 Å². The summed E-state index contributed by atoms with van der Waals surface area (Å²) < 4.78 is 5.46. The molecule has 1 fully saturated rings. The molecule has 0 bridgehead atoms. The molecule has 6 heteroatoms. The van der Waals surface area contributed by atoms with Crippen LogP contribution in [0.3, 0.4) is 0 Å². The van der Waals surface area contributed by atoms with Crippen molar-refractivity contribution in [2.24, 2.45) is 5.41 Å². The molecule has 138 valence electrons. The van der Waals surface area contributed by atoms with Gasteiger partial charge in [0.15, 0.2) is 0 Å². The Labute approximate surface area is 152 Å². The summed E-state index contributed by atoms with van der Waals surface area (Å²) in [6, 6.07) is 9.67. The van der Waals surface area contributed by atoms with E-state index < -0.39 is 11.4 Å². The van der Waals surface area contributed by atoms with Gasteiger partial charge in [-0.1, -0.05) is 36.3 Å². The number of piperidine rings is 1. The zero-order chi connectivity index (χ0) is 18.7. The molecule has 0 radical (unpaired) electrons. The minimum absolute atomic E-state index is 0.00602. The number of amides is 1. The summed E-state index contributed by atoms with van der Waals surface area (Å²) >= 11 is 0. The van der Waals surface area contributed by atoms with E-state index in [2.05, 4.69) is 5.16 Å². The fourth-order valence-electron chi connectivity index (χ4n) is 3.68. The fraction of sp³-hybridized carbons (Fsp3) is 0.450. The molecular formula is C20H24N2O4. The lowest BCUT2D eigenvalue weighted by molar-refractivity contribution is -0.155. The van der Waals surface area contributed by atoms with E-state index in [9.17, 15) is 14.7 Å². The van der Waals surface area contributed by atoms with E-state index in [1.165, 1.54) is 0 Å². The summed E-state index contributed by atoms with van der Waals surface area (Å²) in [5.74, 6) is -0.357. The Morgan fingerprint density at radius 1 is 1.35 bits per heavy atom. The van der Waals surface area contributed by atoms with Crippen LogP contribution in [0.25, 0.3) is 11.3 Å². The van der Waals surface area contributed by atoms with Crippen LogP contribution in [0.15, 0.2) is 34.9 Å². The Morgan fingerprint density at radius 2 is 2.12 bits per heavy atom. The quantitative estimate of drug-likeness (QED) is 0.889. The first-order chi connectivity index (χ1) is 12.4. The van der Waals surface area contributed by atoms with Gasteiger partial charge >= 0.3 is 5.97 Å². The van der Waals surface area contributed by atoms with Gasteiger partial charge in [-0.2, -0.15) is 0 Å². The third kappa shape index (κ3) is 3.49. The number of aromatic nitrogens is 1. The molecule has 1 aliphatic rings. The first kappa shape index (κ1) is 18.2. The second-order valence-electron chi connectivity index (χ2n) is 7.03. The number of likely N-dealkylation sites (tertiary alicyclic amines) is 1. The highest BCUT2D eigenvalue weighted by Gasteiger charge is 2.44. The number of carbonyl (C=O) groups is 2. The standard InChI is InChI=1S/C20H24N2O4/c1-3-18(23)22-10-6-9-20(13-22,19(24)25)12-15-11-17(21-26-15)16-8-5-4-7-14(16)2/h4-5,7-8,11H,3,6,9-10,12-13H2,1-2H3,(H,24,25)/t20-/m0/s1. The molecule has 2 heterocycles. The lowest BCUT2D eigenvalue weighted by Crippen LogP contribution is -2.50. The van der Waals surface area contributed by atoms with Crippen molar-refractivity contribution in [2.75, 3.05) is 13.1 Å². The highest BCUT2D eigenvalue weighted by Crippen LogP contribution is 2.35. The van der Waals surface area contributed by atoms with E-state index in [1.807, 2.05) is 37.3 Å². The molecule has 1 aromatic heterocycles. The average molecular weight is 356 g/mol. The third-order valence-electron chi connectivity index (χ3n) is 5.18. The zero-order valence-corrected chi connectivity index (χ0v) is 15.2. The molecule has 1 aromatic carbocycles. The Balaban J connectivity index is 1.84. The van der Waals surface area contributed by atoms with E-state index in [-0.39, 0.29) is 18.9 Å². The smallest absolute Gasteiger partial charge is 0.311 e. The SMILES string of the molecule is CCC(=O)N1CCC[C@@](Cc2cc(-c3ccccc3C)no2)(C(=O)O)C1. The molecule has 0 unspecified atom stereocenters. The van der Waals surface area contributed by atoms with Crippen LogP contribution in [-0.4, -0.2) is 40.1 Å². The number of nitrogens with zero attached hydrogens (tertiary/aromatic N) is 2. The molecule has 0 spiro atoms. The van der Waals surface area contributed by atoms with Crippen molar-refractivity contribution in [2.45, 2.75) is 39.5 Å². The Kier molecular flexibility index (Phi) is 5.11. The van der Waals surface area contributed by atoms with E-state index in [4.69, 9.17) is 4.52 Å². The van der Waals surface area contributed by atoms with Gasteiger partial charge in [-0.15, -0.1) is 0 Å². The van der Waals surface area contributed by atoms with E-state index >= 15 is 0 Å². The topological polar surface area (TPSA) is 83.6 Å². The van der Waals surface area contributed by atoms with Crippen molar-refractivity contribution in [3.63, 3.8) is 0 Å². The first-order valence-electron chi connectivity index (χ1n) is 8.98. The highest BCUT2D eigenvalue weighted by atomic mass is 16.5. The van der Waals surface area contributed by atoms with Crippen molar-refractivity contribution >= 4 is 11.9 Å². The summed E-state index contributed by atoms with van der Waals surface area (Å²) in [6.45, 7) is 4.63. The maximum Gasteiger partial charge on any atom is 0.311 e. The molecular weight excluding hydrogens is 332 g/mol. The van der Waals surface area contributed by atoms with Crippen molar-refractivity contribution in [3.8, 4) is 11.3 Å². The van der Waals surface area contributed by atoms with Gasteiger partial charge in [0.2, 0.25) is 5.91 Å². The number of aryl methyl sites for hydroxylation is 1. The summed E-state index contributed by atoms with van der Waals surface area (Å²) in [5, 5.41) is 14.0. The number of benzene rings is 1. The predicted octanol–water partition coefficient (Wildman–Crippen LogP) is 3.30. The highest BCUT2D eigenvalue weighted by molar-refractivity contribution is 5.80. The van der Waals surface area contributed by atoms with E-state index in [1.54, 1.807) is 11.8 Å². The predicted molar refractivity (Wildman–Crippen MR) is 96.6 cm³/mol. The zero-order valence-electron chi connectivity index (χ0n) is 15.2. The van der Waals surface area contributed by atoms with Crippen LogP contribution in [0, 0.1) is 12.3 Å². The number of aliphatic carboxylic acids is 1. The van der Waals surface area contributed by atoms with Crippen LogP contribution >= 0.6 is 0 Å². The van der Waals surface area contributed by atoms with Crippen LogP contribution in [-0.2, 0) is 16.0 Å². The number of hydrogen-bond donors (Lipinski definition) is 1. The second-order valence-corrected chi connectivity index (χ2v) is 7.03. The third-order valence-corrected chi connectivity index (χ3v) is 5.18. The van der Waals surface area contributed by atoms with Gasteiger partial charge in [0.25, 0.3) is 0 Å². The largest absolute Gasteiger partial charge is 0.481 e. The van der Waals surface area contributed by atoms with E-state index in [0.29, 0.717) is 37.3 Å². The summed E-state index contributed by atoms with van der Waals surface area (Å²) in [5.41, 5.74) is 1.73.